The molecule has 3 heteroatoms. The fraction of sp³-hybridized carbons (Fsp3) is 0.412. The Morgan fingerprint density at radius 3 is 2.80 bits per heavy atom. The molecule has 3 nitrogen and oxygen atoms in total. The molecule has 0 saturated heterocycles. The van der Waals surface area contributed by atoms with E-state index in [0.717, 1.165) is 37.5 Å². The molecule has 0 fully saturated rings. The van der Waals surface area contributed by atoms with Gasteiger partial charge in [0.15, 0.2) is 0 Å². The lowest BCUT2D eigenvalue weighted by molar-refractivity contribution is 0.313. The second-order valence-electron chi connectivity index (χ2n) is 4.79. The maximum Gasteiger partial charge on any atom is 0.134 e. The molecule has 0 spiro atoms. The summed E-state index contributed by atoms with van der Waals surface area (Å²) >= 11 is 0. The van der Waals surface area contributed by atoms with Gasteiger partial charge in [0.1, 0.15) is 11.3 Å². The Hall–Kier alpha value is -1.76. The van der Waals surface area contributed by atoms with Gasteiger partial charge in [0, 0.05) is 17.5 Å². The van der Waals surface area contributed by atoms with E-state index in [1.807, 2.05) is 12.1 Å². The number of furan rings is 1. The number of benzene rings is 1. The predicted octanol–water partition coefficient (Wildman–Crippen LogP) is 3.00. The van der Waals surface area contributed by atoms with Crippen molar-refractivity contribution >= 4 is 11.0 Å². The van der Waals surface area contributed by atoms with Crippen LogP contribution in [0.2, 0.25) is 0 Å². The summed E-state index contributed by atoms with van der Waals surface area (Å²) in [6.07, 6.45) is 5.44. The van der Waals surface area contributed by atoms with Crippen molar-refractivity contribution in [2.45, 2.75) is 26.9 Å². The molecule has 0 aliphatic heterocycles. The zero-order valence-corrected chi connectivity index (χ0v) is 12.3. The van der Waals surface area contributed by atoms with Gasteiger partial charge in [-0.15, -0.1) is 6.42 Å². The topological polar surface area (TPSA) is 28.4 Å². The summed E-state index contributed by atoms with van der Waals surface area (Å²) in [5, 5.41) is 4.53. The summed E-state index contributed by atoms with van der Waals surface area (Å²) in [5.41, 5.74) is 2.20. The SMILES string of the molecule is C#CCN(CC)Cc1c(CNCC)oc2ccccc12. The van der Waals surface area contributed by atoms with Crippen LogP contribution >= 0.6 is 0 Å². The minimum absolute atomic E-state index is 0.663. The lowest BCUT2D eigenvalue weighted by Crippen LogP contribution is -2.24. The Morgan fingerprint density at radius 2 is 2.10 bits per heavy atom. The van der Waals surface area contributed by atoms with Gasteiger partial charge >= 0.3 is 0 Å². The number of hydrogen-bond donors (Lipinski definition) is 1. The molecule has 106 valence electrons. The van der Waals surface area contributed by atoms with Gasteiger partial charge in [-0.25, -0.2) is 0 Å². The highest BCUT2D eigenvalue weighted by Gasteiger charge is 2.15. The first-order chi connectivity index (χ1) is 9.80. The number of hydrogen-bond acceptors (Lipinski definition) is 3. The lowest BCUT2D eigenvalue weighted by Gasteiger charge is -2.17. The highest BCUT2D eigenvalue weighted by Crippen LogP contribution is 2.27. The number of fused-ring (bicyclic) bond motifs is 1. The van der Waals surface area contributed by atoms with Crippen LogP contribution in [-0.2, 0) is 13.1 Å². The van der Waals surface area contributed by atoms with E-state index in [0.29, 0.717) is 6.54 Å². The van der Waals surface area contributed by atoms with Gasteiger partial charge in [0.05, 0.1) is 13.1 Å². The van der Waals surface area contributed by atoms with E-state index in [1.54, 1.807) is 0 Å². The average molecular weight is 270 g/mol. The van der Waals surface area contributed by atoms with Crippen LogP contribution in [-0.4, -0.2) is 24.5 Å². The maximum absolute atomic E-state index is 5.98. The molecule has 0 bridgehead atoms. The minimum atomic E-state index is 0.663. The number of nitrogens with one attached hydrogen (secondary N) is 1. The molecule has 1 N–H and O–H groups in total. The number of nitrogens with zero attached hydrogens (tertiary/aromatic N) is 1. The Balaban J connectivity index is 2.34. The summed E-state index contributed by atoms with van der Waals surface area (Å²) in [4.78, 5) is 2.24. The van der Waals surface area contributed by atoms with Crippen LogP contribution in [0.15, 0.2) is 28.7 Å². The van der Waals surface area contributed by atoms with Crippen molar-refractivity contribution in [3.05, 3.63) is 35.6 Å². The third-order valence-corrected chi connectivity index (χ3v) is 3.46. The van der Waals surface area contributed by atoms with Crippen molar-refractivity contribution < 1.29 is 4.42 Å². The summed E-state index contributed by atoms with van der Waals surface area (Å²) in [5.74, 6) is 3.74. The summed E-state index contributed by atoms with van der Waals surface area (Å²) in [6.45, 7) is 8.34. The molecule has 0 amide bonds. The molecule has 0 aliphatic rings. The van der Waals surface area contributed by atoms with E-state index in [1.165, 1.54) is 10.9 Å². The smallest absolute Gasteiger partial charge is 0.134 e. The normalized spacial score (nSPS) is 11.1. The van der Waals surface area contributed by atoms with Crippen LogP contribution in [0.1, 0.15) is 25.2 Å². The molecule has 0 saturated carbocycles. The monoisotopic (exact) mass is 270 g/mol. The molecule has 1 heterocycles. The second kappa shape index (κ2) is 7.14. The second-order valence-corrected chi connectivity index (χ2v) is 4.79. The number of terminal acetylenes is 1. The first-order valence-electron chi connectivity index (χ1n) is 7.15. The van der Waals surface area contributed by atoms with E-state index in [9.17, 15) is 0 Å². The molecule has 2 aromatic rings. The van der Waals surface area contributed by atoms with Crippen LogP contribution < -0.4 is 5.32 Å². The van der Waals surface area contributed by atoms with Crippen molar-refractivity contribution in [1.29, 1.82) is 0 Å². The van der Waals surface area contributed by atoms with Crippen molar-refractivity contribution in [1.82, 2.24) is 10.2 Å². The fourth-order valence-corrected chi connectivity index (χ4v) is 2.34. The highest BCUT2D eigenvalue weighted by molar-refractivity contribution is 5.82. The van der Waals surface area contributed by atoms with Gasteiger partial charge in [-0.1, -0.05) is 38.0 Å². The third kappa shape index (κ3) is 3.22. The van der Waals surface area contributed by atoms with Crippen molar-refractivity contribution in [2.24, 2.45) is 0 Å². The quantitative estimate of drug-likeness (QED) is 0.784. The predicted molar refractivity (Wildman–Crippen MR) is 83.4 cm³/mol. The van der Waals surface area contributed by atoms with Crippen LogP contribution in [0.25, 0.3) is 11.0 Å². The average Bonchev–Trinajstić information content (AvgIpc) is 2.82. The van der Waals surface area contributed by atoms with Gasteiger partial charge in [0.25, 0.3) is 0 Å². The summed E-state index contributed by atoms with van der Waals surface area (Å²) < 4.78 is 5.98. The Labute approximate surface area is 121 Å². The van der Waals surface area contributed by atoms with Gasteiger partial charge in [-0.05, 0) is 19.2 Å². The lowest BCUT2D eigenvalue weighted by atomic mass is 10.1. The Morgan fingerprint density at radius 1 is 1.30 bits per heavy atom. The van der Waals surface area contributed by atoms with Crippen molar-refractivity contribution in [3.8, 4) is 12.3 Å². The van der Waals surface area contributed by atoms with E-state index < -0.39 is 0 Å². The highest BCUT2D eigenvalue weighted by atomic mass is 16.3. The van der Waals surface area contributed by atoms with Gasteiger partial charge < -0.3 is 9.73 Å². The van der Waals surface area contributed by atoms with Crippen LogP contribution in [0.5, 0.6) is 0 Å². The molecule has 1 aromatic heterocycles. The van der Waals surface area contributed by atoms with Crippen LogP contribution in [0, 0.1) is 12.3 Å². The molecular weight excluding hydrogens is 248 g/mol. The van der Waals surface area contributed by atoms with E-state index in [-0.39, 0.29) is 0 Å². The first-order valence-corrected chi connectivity index (χ1v) is 7.15. The summed E-state index contributed by atoms with van der Waals surface area (Å²) in [6, 6.07) is 8.20. The van der Waals surface area contributed by atoms with Gasteiger partial charge in [-0.2, -0.15) is 0 Å². The van der Waals surface area contributed by atoms with Crippen molar-refractivity contribution in [3.63, 3.8) is 0 Å². The number of rotatable bonds is 7. The largest absolute Gasteiger partial charge is 0.459 e. The maximum atomic E-state index is 5.98. The standard InChI is InChI=1S/C17H22N2O/c1-4-11-19(6-3)13-15-14-9-7-8-10-16(14)20-17(15)12-18-5-2/h1,7-10,18H,5-6,11-13H2,2-3H3. The zero-order valence-electron chi connectivity index (χ0n) is 12.3. The zero-order chi connectivity index (χ0) is 14.4. The molecule has 0 unspecified atom stereocenters. The van der Waals surface area contributed by atoms with E-state index in [2.05, 4.69) is 42.1 Å². The minimum Gasteiger partial charge on any atom is -0.459 e. The molecule has 2 rings (SSSR count). The van der Waals surface area contributed by atoms with Crippen LogP contribution in [0.4, 0.5) is 0 Å². The third-order valence-electron chi connectivity index (χ3n) is 3.46. The first kappa shape index (κ1) is 14.6. The van der Waals surface area contributed by atoms with Crippen molar-refractivity contribution in [2.75, 3.05) is 19.6 Å². The van der Waals surface area contributed by atoms with Crippen LogP contribution in [0.3, 0.4) is 0 Å². The van der Waals surface area contributed by atoms with E-state index in [4.69, 9.17) is 10.8 Å². The van der Waals surface area contributed by atoms with Gasteiger partial charge in [0.2, 0.25) is 0 Å². The molecule has 0 atom stereocenters. The summed E-state index contributed by atoms with van der Waals surface area (Å²) in [7, 11) is 0. The Bertz CT molecular complexity index is 595. The van der Waals surface area contributed by atoms with Gasteiger partial charge in [-0.3, -0.25) is 4.90 Å². The molecule has 1 aromatic carbocycles. The molecule has 0 radical (unpaired) electrons. The molecular formula is C17H22N2O. The van der Waals surface area contributed by atoms with E-state index >= 15 is 0 Å². The number of para-hydroxylation sites is 1. The Kier molecular flexibility index (Phi) is 5.23. The fourth-order valence-electron chi connectivity index (χ4n) is 2.34. The molecule has 20 heavy (non-hydrogen) atoms. The molecule has 0 aliphatic carbocycles.